The molecule has 1 fully saturated rings. The van der Waals surface area contributed by atoms with E-state index in [0.29, 0.717) is 19.4 Å². The van der Waals surface area contributed by atoms with Gasteiger partial charge in [0.1, 0.15) is 9.77 Å². The molecule has 0 bridgehead atoms. The summed E-state index contributed by atoms with van der Waals surface area (Å²) in [5, 5.41) is 11.6. The quantitative estimate of drug-likeness (QED) is 0.843. The fourth-order valence-electron chi connectivity index (χ4n) is 2.26. The molecule has 0 radical (unpaired) electrons. The number of carbonyl (C=O) groups is 1. The highest BCUT2D eigenvalue weighted by Gasteiger charge is 2.37. The Morgan fingerprint density at radius 2 is 2.25 bits per heavy atom. The lowest BCUT2D eigenvalue weighted by Gasteiger charge is -2.35. The highest BCUT2D eigenvalue weighted by atomic mass is 32.2. The van der Waals surface area contributed by atoms with E-state index in [4.69, 9.17) is 0 Å². The van der Waals surface area contributed by atoms with Crippen LogP contribution in [0, 0.1) is 0 Å². The topological polar surface area (TPSA) is 83.9 Å². The highest BCUT2D eigenvalue weighted by Crippen LogP contribution is 2.30. The van der Waals surface area contributed by atoms with E-state index in [-0.39, 0.29) is 16.3 Å². The number of nitrogens with zero attached hydrogens (tertiary/aromatic N) is 1. The van der Waals surface area contributed by atoms with Gasteiger partial charge in [-0.25, -0.2) is 13.2 Å². The lowest BCUT2D eigenvalue weighted by atomic mass is 9.97. The van der Waals surface area contributed by atoms with Crippen LogP contribution in [0.5, 0.6) is 0 Å². The monoisotopic (exact) mass is 319 g/mol. The van der Waals surface area contributed by atoms with Gasteiger partial charge in [-0.1, -0.05) is 0 Å². The van der Waals surface area contributed by atoms with Crippen LogP contribution in [-0.2, 0) is 14.8 Å². The second-order valence-electron chi connectivity index (χ2n) is 5.04. The molecule has 1 saturated heterocycles. The summed E-state index contributed by atoms with van der Waals surface area (Å²) >= 11 is 1.03. The average Bonchev–Trinajstić information content (AvgIpc) is 2.86. The van der Waals surface area contributed by atoms with Crippen LogP contribution >= 0.6 is 11.3 Å². The molecule has 112 valence electrons. The minimum Gasteiger partial charge on any atom is -0.465 e. The van der Waals surface area contributed by atoms with Crippen molar-refractivity contribution in [2.24, 2.45) is 0 Å². The molecule has 0 saturated carbocycles. The second kappa shape index (κ2) is 5.44. The molecule has 0 aliphatic carbocycles. The summed E-state index contributed by atoms with van der Waals surface area (Å²) in [6.45, 7) is 1.99. The number of rotatable bonds is 3. The Balaban J connectivity index is 2.36. The summed E-state index contributed by atoms with van der Waals surface area (Å²) in [5.74, 6) is -0.664. The maximum Gasteiger partial charge on any atom is 0.349 e. The normalized spacial score (nSPS) is 24.6. The number of thiophene rings is 1. The van der Waals surface area contributed by atoms with E-state index < -0.39 is 21.6 Å². The second-order valence-corrected chi connectivity index (χ2v) is 7.87. The van der Waals surface area contributed by atoms with Crippen LogP contribution in [0.2, 0.25) is 0 Å². The van der Waals surface area contributed by atoms with Crippen molar-refractivity contribution in [2.45, 2.75) is 30.3 Å². The molecule has 1 N–H and O–H groups in total. The standard InChI is InChI=1S/C12H17NO5S2/c1-12(15)5-3-6-13(8-12)20(16,17)9-4-7-19-10(9)11(14)18-2/h4,7,15H,3,5-6,8H2,1-2H3. The van der Waals surface area contributed by atoms with Crippen molar-refractivity contribution in [3.63, 3.8) is 0 Å². The fraction of sp³-hybridized carbons (Fsp3) is 0.583. The molecule has 2 rings (SSSR count). The smallest absolute Gasteiger partial charge is 0.349 e. The summed E-state index contributed by atoms with van der Waals surface area (Å²) in [5.41, 5.74) is -1.03. The van der Waals surface area contributed by atoms with Crippen molar-refractivity contribution < 1.29 is 23.1 Å². The van der Waals surface area contributed by atoms with E-state index in [2.05, 4.69) is 4.74 Å². The van der Waals surface area contributed by atoms with Gasteiger partial charge in [0, 0.05) is 13.1 Å². The van der Waals surface area contributed by atoms with Crippen LogP contribution in [0.3, 0.4) is 0 Å². The molecule has 8 heteroatoms. The summed E-state index contributed by atoms with van der Waals surface area (Å²) in [4.78, 5) is 11.6. The van der Waals surface area contributed by atoms with Gasteiger partial charge >= 0.3 is 5.97 Å². The zero-order valence-corrected chi connectivity index (χ0v) is 13.0. The van der Waals surface area contributed by atoms with Crippen LogP contribution in [0.1, 0.15) is 29.4 Å². The molecule has 1 aromatic heterocycles. The number of hydrogen-bond acceptors (Lipinski definition) is 6. The van der Waals surface area contributed by atoms with E-state index in [1.54, 1.807) is 12.3 Å². The first-order valence-electron chi connectivity index (χ1n) is 6.16. The van der Waals surface area contributed by atoms with Gasteiger partial charge in [-0.2, -0.15) is 4.31 Å². The number of methoxy groups -OCH3 is 1. The first-order chi connectivity index (χ1) is 9.28. The summed E-state index contributed by atoms with van der Waals surface area (Å²) in [6, 6.07) is 1.40. The van der Waals surface area contributed by atoms with Gasteiger partial charge in [0.2, 0.25) is 10.0 Å². The molecule has 1 aliphatic rings. The molecule has 1 aliphatic heterocycles. The number of piperidine rings is 1. The average molecular weight is 319 g/mol. The van der Waals surface area contributed by atoms with Crippen molar-refractivity contribution in [1.82, 2.24) is 4.31 Å². The Morgan fingerprint density at radius 3 is 2.85 bits per heavy atom. The number of β-amino-alcohol motifs (C(OH)–C–C–N with tert-alkyl or cyclic N) is 1. The van der Waals surface area contributed by atoms with Gasteiger partial charge < -0.3 is 9.84 Å². The van der Waals surface area contributed by atoms with Crippen molar-refractivity contribution in [3.05, 3.63) is 16.3 Å². The Bertz CT molecular complexity index is 605. The van der Waals surface area contributed by atoms with Crippen LogP contribution in [0.4, 0.5) is 0 Å². The molecule has 1 atom stereocenters. The number of carbonyl (C=O) groups excluding carboxylic acids is 1. The molecule has 2 heterocycles. The highest BCUT2D eigenvalue weighted by molar-refractivity contribution is 7.89. The number of ether oxygens (including phenoxy) is 1. The maximum atomic E-state index is 12.6. The Labute approximate surface area is 122 Å². The van der Waals surface area contributed by atoms with Gasteiger partial charge in [0.25, 0.3) is 0 Å². The first-order valence-corrected chi connectivity index (χ1v) is 8.48. The van der Waals surface area contributed by atoms with E-state index in [0.717, 1.165) is 11.3 Å². The molecule has 0 aromatic carbocycles. The van der Waals surface area contributed by atoms with Gasteiger partial charge in [0.15, 0.2) is 0 Å². The van der Waals surface area contributed by atoms with E-state index >= 15 is 0 Å². The lowest BCUT2D eigenvalue weighted by molar-refractivity contribution is 0.00940. The van der Waals surface area contributed by atoms with E-state index in [1.807, 2.05) is 0 Å². The first kappa shape index (κ1) is 15.4. The zero-order chi connectivity index (χ0) is 15.0. The molecule has 6 nitrogen and oxygen atoms in total. The third-order valence-corrected chi connectivity index (χ3v) is 6.17. The Kier molecular flexibility index (Phi) is 4.19. The number of aliphatic hydroxyl groups is 1. The molecule has 20 heavy (non-hydrogen) atoms. The van der Waals surface area contributed by atoms with Gasteiger partial charge in [-0.15, -0.1) is 11.3 Å². The van der Waals surface area contributed by atoms with Crippen LogP contribution in [-0.4, -0.2) is 49.6 Å². The fourth-order valence-corrected chi connectivity index (χ4v) is 5.16. The largest absolute Gasteiger partial charge is 0.465 e. The predicted molar refractivity (Wildman–Crippen MR) is 74.3 cm³/mol. The molecule has 0 spiro atoms. The molecular formula is C12H17NO5S2. The van der Waals surface area contributed by atoms with Crippen molar-refractivity contribution in [1.29, 1.82) is 0 Å². The van der Waals surface area contributed by atoms with Crippen molar-refractivity contribution >= 4 is 27.3 Å². The van der Waals surface area contributed by atoms with Gasteiger partial charge in [-0.05, 0) is 31.2 Å². The van der Waals surface area contributed by atoms with Gasteiger partial charge in [0.05, 0.1) is 12.7 Å². The molecular weight excluding hydrogens is 302 g/mol. The van der Waals surface area contributed by atoms with Crippen molar-refractivity contribution in [2.75, 3.05) is 20.2 Å². The number of esters is 1. The van der Waals surface area contributed by atoms with Crippen molar-refractivity contribution in [3.8, 4) is 0 Å². The number of hydrogen-bond donors (Lipinski definition) is 1. The third kappa shape index (κ3) is 2.88. The Hall–Kier alpha value is -0.960. The van der Waals surface area contributed by atoms with Crippen LogP contribution in [0.25, 0.3) is 0 Å². The van der Waals surface area contributed by atoms with E-state index in [1.165, 1.54) is 17.5 Å². The minimum atomic E-state index is -3.79. The third-order valence-electron chi connectivity index (χ3n) is 3.26. The molecule has 1 unspecified atom stereocenters. The maximum absolute atomic E-state index is 12.6. The summed E-state index contributed by atoms with van der Waals surface area (Å²) < 4.78 is 31.0. The van der Waals surface area contributed by atoms with Crippen LogP contribution < -0.4 is 0 Å². The minimum absolute atomic E-state index is 0.0335. The number of sulfonamides is 1. The van der Waals surface area contributed by atoms with Gasteiger partial charge in [-0.3, -0.25) is 0 Å². The molecule has 1 aromatic rings. The summed E-state index contributed by atoms with van der Waals surface area (Å²) in [7, 11) is -2.58. The Morgan fingerprint density at radius 1 is 1.55 bits per heavy atom. The predicted octanol–water partition coefficient (Wildman–Crippen LogP) is 1.07. The lowest BCUT2D eigenvalue weighted by Crippen LogP contribution is -2.48. The molecule has 0 amide bonds. The van der Waals surface area contributed by atoms with Crippen LogP contribution in [0.15, 0.2) is 16.3 Å². The van der Waals surface area contributed by atoms with E-state index in [9.17, 15) is 18.3 Å². The zero-order valence-electron chi connectivity index (χ0n) is 11.3. The SMILES string of the molecule is COC(=O)c1sccc1S(=O)(=O)N1CCCC(C)(O)C1. The summed E-state index contributed by atoms with van der Waals surface area (Å²) in [6.07, 6.45) is 1.15.